The highest BCUT2D eigenvalue weighted by Crippen LogP contribution is 2.05. The molecule has 110 valence electrons. The Labute approximate surface area is 117 Å². The van der Waals surface area contributed by atoms with Crippen molar-refractivity contribution in [3.8, 4) is 0 Å². The molecule has 0 saturated carbocycles. The quantitative estimate of drug-likeness (QED) is 0.650. The second-order valence-electron chi connectivity index (χ2n) is 4.58. The van der Waals surface area contributed by atoms with E-state index in [4.69, 9.17) is 9.84 Å². The maximum absolute atomic E-state index is 11.8. The third-order valence-electron chi connectivity index (χ3n) is 2.78. The van der Waals surface area contributed by atoms with Gasteiger partial charge in [0.15, 0.2) is 0 Å². The van der Waals surface area contributed by atoms with Crippen LogP contribution in [0, 0.1) is 5.92 Å². The Morgan fingerprint density at radius 1 is 1.37 bits per heavy atom. The van der Waals surface area contributed by atoms with Crippen molar-refractivity contribution in [2.24, 2.45) is 5.92 Å². The van der Waals surface area contributed by atoms with Crippen LogP contribution in [-0.2, 0) is 14.3 Å². The summed E-state index contributed by atoms with van der Waals surface area (Å²) in [7, 11) is 0. The van der Waals surface area contributed by atoms with Gasteiger partial charge < -0.3 is 20.1 Å². The Balaban J connectivity index is 2.08. The molecular formula is C12H22N2O4S. The van der Waals surface area contributed by atoms with Crippen molar-refractivity contribution in [3.63, 3.8) is 0 Å². The molecule has 19 heavy (non-hydrogen) atoms. The van der Waals surface area contributed by atoms with E-state index in [0.717, 1.165) is 0 Å². The summed E-state index contributed by atoms with van der Waals surface area (Å²) in [5, 5.41) is 11.5. The van der Waals surface area contributed by atoms with Gasteiger partial charge in [-0.05, 0) is 5.92 Å². The number of rotatable bonds is 7. The van der Waals surface area contributed by atoms with Gasteiger partial charge in [0.2, 0.25) is 11.8 Å². The van der Waals surface area contributed by atoms with Gasteiger partial charge in [-0.1, -0.05) is 6.92 Å². The molecule has 0 radical (unpaired) electrons. The fourth-order valence-corrected chi connectivity index (χ4v) is 2.29. The number of ether oxygens (including phenoxy) is 1. The zero-order valence-electron chi connectivity index (χ0n) is 11.3. The summed E-state index contributed by atoms with van der Waals surface area (Å²) < 4.78 is 5.17. The van der Waals surface area contributed by atoms with Crippen LogP contribution in [0.5, 0.6) is 0 Å². The minimum absolute atomic E-state index is 0.0585. The summed E-state index contributed by atoms with van der Waals surface area (Å²) in [6.07, 6.45) is 0. The fraction of sp³-hybridized carbons (Fsp3) is 0.833. The molecule has 1 heterocycles. The lowest BCUT2D eigenvalue weighted by Gasteiger charge is -2.26. The van der Waals surface area contributed by atoms with E-state index in [1.54, 1.807) is 4.90 Å². The highest BCUT2D eigenvalue weighted by Gasteiger charge is 2.16. The first-order valence-electron chi connectivity index (χ1n) is 6.44. The van der Waals surface area contributed by atoms with Crippen molar-refractivity contribution < 1.29 is 19.4 Å². The number of hydrogen-bond acceptors (Lipinski definition) is 5. The van der Waals surface area contributed by atoms with Gasteiger partial charge in [0.25, 0.3) is 0 Å². The van der Waals surface area contributed by atoms with Crippen molar-refractivity contribution in [1.29, 1.82) is 0 Å². The SMILES string of the molecule is CC(CO)CNC(=O)CSCC(=O)N1CCOCC1. The van der Waals surface area contributed by atoms with Gasteiger partial charge in [-0.3, -0.25) is 9.59 Å². The number of carbonyl (C=O) groups excluding carboxylic acids is 2. The number of hydrogen-bond donors (Lipinski definition) is 2. The average molecular weight is 290 g/mol. The van der Waals surface area contributed by atoms with E-state index in [-0.39, 0.29) is 30.1 Å². The zero-order valence-corrected chi connectivity index (χ0v) is 12.1. The van der Waals surface area contributed by atoms with E-state index in [9.17, 15) is 9.59 Å². The van der Waals surface area contributed by atoms with Gasteiger partial charge >= 0.3 is 0 Å². The van der Waals surface area contributed by atoms with Crippen LogP contribution in [0.2, 0.25) is 0 Å². The average Bonchev–Trinajstić information content (AvgIpc) is 2.45. The number of amides is 2. The van der Waals surface area contributed by atoms with Crippen LogP contribution >= 0.6 is 11.8 Å². The van der Waals surface area contributed by atoms with Crippen LogP contribution in [0.3, 0.4) is 0 Å². The number of aliphatic hydroxyl groups excluding tert-OH is 1. The lowest BCUT2D eigenvalue weighted by atomic mass is 10.2. The van der Waals surface area contributed by atoms with Gasteiger partial charge in [0.05, 0.1) is 24.7 Å². The molecule has 0 spiro atoms. The van der Waals surface area contributed by atoms with Crippen molar-refractivity contribution in [2.45, 2.75) is 6.92 Å². The molecule has 0 aromatic carbocycles. The van der Waals surface area contributed by atoms with Gasteiger partial charge in [-0.25, -0.2) is 0 Å². The van der Waals surface area contributed by atoms with Crippen LogP contribution < -0.4 is 5.32 Å². The lowest BCUT2D eigenvalue weighted by molar-refractivity contribution is -0.132. The van der Waals surface area contributed by atoms with Crippen LogP contribution in [0.1, 0.15) is 6.92 Å². The standard InChI is InChI=1S/C12H22N2O4S/c1-10(7-15)6-13-11(16)8-19-9-12(17)14-2-4-18-5-3-14/h10,15H,2-9H2,1H3,(H,13,16). The van der Waals surface area contributed by atoms with Gasteiger partial charge in [0, 0.05) is 26.2 Å². The number of thioether (sulfide) groups is 1. The molecule has 1 aliphatic heterocycles. The van der Waals surface area contributed by atoms with Gasteiger partial charge in [-0.15, -0.1) is 11.8 Å². The van der Waals surface area contributed by atoms with Crippen molar-refractivity contribution >= 4 is 23.6 Å². The largest absolute Gasteiger partial charge is 0.396 e. The molecule has 0 aromatic heterocycles. The predicted octanol–water partition coefficient (Wildman–Crippen LogP) is -0.677. The zero-order chi connectivity index (χ0) is 14.1. The molecule has 6 nitrogen and oxygen atoms in total. The molecule has 2 amide bonds. The molecular weight excluding hydrogens is 268 g/mol. The normalized spacial score (nSPS) is 17.1. The number of nitrogens with zero attached hydrogens (tertiary/aromatic N) is 1. The van der Waals surface area contributed by atoms with Crippen LogP contribution in [0.4, 0.5) is 0 Å². The number of nitrogens with one attached hydrogen (secondary N) is 1. The van der Waals surface area contributed by atoms with E-state index in [0.29, 0.717) is 38.6 Å². The Bertz CT molecular complexity index is 295. The summed E-state index contributed by atoms with van der Waals surface area (Å²) in [5.41, 5.74) is 0. The fourth-order valence-electron chi connectivity index (χ4n) is 1.54. The highest BCUT2D eigenvalue weighted by molar-refractivity contribution is 8.00. The third-order valence-corrected chi connectivity index (χ3v) is 3.70. The number of aliphatic hydroxyl groups is 1. The molecule has 7 heteroatoms. The first-order valence-corrected chi connectivity index (χ1v) is 7.59. The first-order chi connectivity index (χ1) is 9.13. The minimum atomic E-state index is -0.0972. The molecule has 1 unspecified atom stereocenters. The smallest absolute Gasteiger partial charge is 0.232 e. The lowest BCUT2D eigenvalue weighted by Crippen LogP contribution is -2.41. The molecule has 2 N–H and O–H groups in total. The topological polar surface area (TPSA) is 78.9 Å². The third kappa shape index (κ3) is 6.79. The number of morpholine rings is 1. The van der Waals surface area contributed by atoms with E-state index < -0.39 is 0 Å². The minimum Gasteiger partial charge on any atom is -0.396 e. The van der Waals surface area contributed by atoms with Crippen molar-refractivity contribution in [3.05, 3.63) is 0 Å². The van der Waals surface area contributed by atoms with Crippen molar-refractivity contribution in [2.75, 3.05) is 51.0 Å². The molecule has 1 saturated heterocycles. The summed E-state index contributed by atoms with van der Waals surface area (Å²) in [6, 6.07) is 0. The van der Waals surface area contributed by atoms with E-state index in [1.807, 2.05) is 6.92 Å². The van der Waals surface area contributed by atoms with E-state index in [1.165, 1.54) is 11.8 Å². The molecule has 1 fully saturated rings. The second kappa shape index (κ2) is 9.17. The predicted molar refractivity (Wildman–Crippen MR) is 74.0 cm³/mol. The molecule has 0 bridgehead atoms. The summed E-state index contributed by atoms with van der Waals surface area (Å²) in [5.74, 6) is 0.617. The second-order valence-corrected chi connectivity index (χ2v) is 5.56. The monoisotopic (exact) mass is 290 g/mol. The summed E-state index contributed by atoms with van der Waals surface area (Å²) in [4.78, 5) is 25.0. The van der Waals surface area contributed by atoms with Crippen LogP contribution in [0.25, 0.3) is 0 Å². The highest BCUT2D eigenvalue weighted by atomic mass is 32.2. The Kier molecular flexibility index (Phi) is 7.85. The first kappa shape index (κ1) is 16.3. The summed E-state index contributed by atoms with van der Waals surface area (Å²) in [6.45, 7) is 4.84. The Morgan fingerprint density at radius 3 is 2.68 bits per heavy atom. The maximum Gasteiger partial charge on any atom is 0.232 e. The van der Waals surface area contributed by atoms with Gasteiger partial charge in [-0.2, -0.15) is 0 Å². The van der Waals surface area contributed by atoms with Crippen LogP contribution in [-0.4, -0.2) is 72.8 Å². The van der Waals surface area contributed by atoms with Crippen molar-refractivity contribution in [1.82, 2.24) is 10.2 Å². The van der Waals surface area contributed by atoms with Crippen LogP contribution in [0.15, 0.2) is 0 Å². The molecule has 0 aromatic rings. The number of carbonyl (C=O) groups is 2. The Hall–Kier alpha value is -0.790. The Morgan fingerprint density at radius 2 is 2.05 bits per heavy atom. The van der Waals surface area contributed by atoms with E-state index in [2.05, 4.69) is 5.32 Å². The maximum atomic E-state index is 11.8. The molecule has 1 rings (SSSR count). The summed E-state index contributed by atoms with van der Waals surface area (Å²) >= 11 is 1.32. The van der Waals surface area contributed by atoms with Gasteiger partial charge in [0.1, 0.15) is 0 Å². The van der Waals surface area contributed by atoms with E-state index >= 15 is 0 Å². The molecule has 1 aliphatic rings. The molecule has 0 aliphatic carbocycles. The molecule has 1 atom stereocenters.